The highest BCUT2D eigenvalue weighted by atomic mass is 19.4. The Balaban J connectivity index is 1.83. The molecule has 140 valence electrons. The number of benzene rings is 2. The number of carbonyl (C=O) groups is 1. The standard InChI is InChI=1S/C21H14F3N3O/c1-13(28)14-4-2-6-16(10-14)19-12-25-20-9-8-18(26-27(19)20)15-5-3-7-17(11-15)21(22,23)24/h2-12H,1H3. The minimum Gasteiger partial charge on any atom is -0.295 e. The van der Waals surface area contributed by atoms with E-state index in [0.29, 0.717) is 28.2 Å². The molecule has 0 bridgehead atoms. The third kappa shape index (κ3) is 3.26. The number of ketones is 1. The van der Waals surface area contributed by atoms with Gasteiger partial charge in [-0.2, -0.15) is 18.3 Å². The molecule has 0 fully saturated rings. The van der Waals surface area contributed by atoms with E-state index in [2.05, 4.69) is 10.1 Å². The average Bonchev–Trinajstić information content (AvgIpc) is 3.11. The highest BCUT2D eigenvalue weighted by molar-refractivity contribution is 5.95. The van der Waals surface area contributed by atoms with Crippen LogP contribution < -0.4 is 0 Å². The second kappa shape index (κ2) is 6.60. The lowest BCUT2D eigenvalue weighted by molar-refractivity contribution is -0.137. The van der Waals surface area contributed by atoms with Crippen molar-refractivity contribution in [3.63, 3.8) is 0 Å². The maximum atomic E-state index is 13.0. The fourth-order valence-corrected chi connectivity index (χ4v) is 2.98. The van der Waals surface area contributed by atoms with Crippen LogP contribution in [0.15, 0.2) is 66.9 Å². The molecule has 0 saturated carbocycles. The number of nitrogens with zero attached hydrogens (tertiary/aromatic N) is 3. The fraction of sp³-hybridized carbons (Fsp3) is 0.0952. The maximum Gasteiger partial charge on any atom is 0.416 e. The first kappa shape index (κ1) is 17.9. The first-order valence-electron chi connectivity index (χ1n) is 8.47. The predicted octanol–water partition coefficient (Wildman–Crippen LogP) is 5.28. The normalized spacial score (nSPS) is 11.7. The first-order chi connectivity index (χ1) is 13.3. The van der Waals surface area contributed by atoms with Gasteiger partial charge in [0.05, 0.1) is 23.1 Å². The molecule has 2 aromatic heterocycles. The Kier molecular flexibility index (Phi) is 4.22. The van der Waals surface area contributed by atoms with Gasteiger partial charge in [0.1, 0.15) is 0 Å². The summed E-state index contributed by atoms with van der Waals surface area (Å²) in [6.45, 7) is 1.48. The summed E-state index contributed by atoms with van der Waals surface area (Å²) >= 11 is 0. The molecule has 0 aliphatic heterocycles. The van der Waals surface area contributed by atoms with Gasteiger partial charge in [0, 0.05) is 16.7 Å². The summed E-state index contributed by atoms with van der Waals surface area (Å²) in [5.41, 5.74) is 2.52. The van der Waals surface area contributed by atoms with E-state index >= 15 is 0 Å². The quantitative estimate of drug-likeness (QED) is 0.453. The number of alkyl halides is 3. The summed E-state index contributed by atoms with van der Waals surface area (Å²) in [7, 11) is 0. The molecule has 0 aliphatic rings. The molecular formula is C21H14F3N3O. The van der Waals surface area contributed by atoms with E-state index in [1.165, 1.54) is 13.0 Å². The van der Waals surface area contributed by atoms with E-state index < -0.39 is 11.7 Å². The van der Waals surface area contributed by atoms with Crippen molar-refractivity contribution in [2.75, 3.05) is 0 Å². The van der Waals surface area contributed by atoms with Gasteiger partial charge in [-0.1, -0.05) is 30.3 Å². The topological polar surface area (TPSA) is 47.3 Å². The van der Waals surface area contributed by atoms with Crippen LogP contribution in [-0.2, 0) is 6.18 Å². The summed E-state index contributed by atoms with van der Waals surface area (Å²) < 4.78 is 40.6. The molecule has 0 radical (unpaired) electrons. The van der Waals surface area contributed by atoms with Crippen molar-refractivity contribution in [3.8, 4) is 22.5 Å². The number of halogens is 3. The molecule has 2 aromatic carbocycles. The lowest BCUT2D eigenvalue weighted by Gasteiger charge is -2.09. The van der Waals surface area contributed by atoms with Crippen LogP contribution in [0.1, 0.15) is 22.8 Å². The van der Waals surface area contributed by atoms with E-state index in [1.54, 1.807) is 47.1 Å². The Morgan fingerprint density at radius 2 is 1.71 bits per heavy atom. The van der Waals surface area contributed by atoms with E-state index in [9.17, 15) is 18.0 Å². The Hall–Kier alpha value is -3.48. The minimum absolute atomic E-state index is 0.0618. The molecule has 0 aliphatic carbocycles. The van der Waals surface area contributed by atoms with Gasteiger partial charge in [-0.15, -0.1) is 0 Å². The van der Waals surface area contributed by atoms with Crippen molar-refractivity contribution < 1.29 is 18.0 Å². The molecule has 0 saturated heterocycles. The van der Waals surface area contributed by atoms with Gasteiger partial charge in [-0.05, 0) is 37.3 Å². The van der Waals surface area contributed by atoms with Crippen LogP contribution in [0.25, 0.3) is 28.2 Å². The molecule has 0 amide bonds. The van der Waals surface area contributed by atoms with Crippen molar-refractivity contribution in [2.24, 2.45) is 0 Å². The van der Waals surface area contributed by atoms with Gasteiger partial charge in [0.15, 0.2) is 11.4 Å². The van der Waals surface area contributed by atoms with Crippen LogP contribution in [0.5, 0.6) is 0 Å². The van der Waals surface area contributed by atoms with Gasteiger partial charge >= 0.3 is 6.18 Å². The molecule has 0 atom stereocenters. The number of aromatic nitrogens is 3. The molecular weight excluding hydrogens is 367 g/mol. The summed E-state index contributed by atoms with van der Waals surface area (Å²) in [4.78, 5) is 15.9. The third-order valence-electron chi connectivity index (χ3n) is 4.41. The van der Waals surface area contributed by atoms with Crippen LogP contribution >= 0.6 is 0 Å². The minimum atomic E-state index is -4.42. The number of hydrogen-bond acceptors (Lipinski definition) is 3. The van der Waals surface area contributed by atoms with E-state index in [-0.39, 0.29) is 5.78 Å². The summed E-state index contributed by atoms with van der Waals surface area (Å²) in [6, 6.07) is 15.4. The smallest absolute Gasteiger partial charge is 0.295 e. The molecule has 2 heterocycles. The van der Waals surface area contributed by atoms with Crippen molar-refractivity contribution >= 4 is 11.4 Å². The second-order valence-electron chi connectivity index (χ2n) is 6.35. The van der Waals surface area contributed by atoms with E-state index in [1.807, 2.05) is 6.07 Å². The van der Waals surface area contributed by atoms with Crippen LogP contribution in [0, 0.1) is 0 Å². The third-order valence-corrected chi connectivity index (χ3v) is 4.41. The van der Waals surface area contributed by atoms with Crippen molar-refractivity contribution in [1.82, 2.24) is 14.6 Å². The number of fused-ring (bicyclic) bond motifs is 1. The zero-order valence-electron chi connectivity index (χ0n) is 14.7. The Labute approximate surface area is 158 Å². The zero-order chi connectivity index (χ0) is 19.9. The van der Waals surface area contributed by atoms with Crippen molar-refractivity contribution in [3.05, 3.63) is 78.0 Å². The summed E-state index contributed by atoms with van der Waals surface area (Å²) in [5, 5.41) is 4.48. The van der Waals surface area contributed by atoms with Gasteiger partial charge < -0.3 is 0 Å². The highest BCUT2D eigenvalue weighted by Crippen LogP contribution is 2.32. The number of rotatable bonds is 3. The second-order valence-corrected chi connectivity index (χ2v) is 6.35. The van der Waals surface area contributed by atoms with Crippen molar-refractivity contribution in [1.29, 1.82) is 0 Å². The van der Waals surface area contributed by atoms with Gasteiger partial charge in [0.25, 0.3) is 0 Å². The van der Waals surface area contributed by atoms with Gasteiger partial charge in [0.2, 0.25) is 0 Å². The molecule has 4 aromatic rings. The van der Waals surface area contributed by atoms with Crippen LogP contribution in [0.2, 0.25) is 0 Å². The lowest BCUT2D eigenvalue weighted by atomic mass is 10.1. The molecule has 4 nitrogen and oxygen atoms in total. The number of Topliss-reactive ketones (excluding diaryl/α,β-unsaturated/α-hetero) is 1. The lowest BCUT2D eigenvalue weighted by Crippen LogP contribution is -2.05. The van der Waals surface area contributed by atoms with E-state index in [4.69, 9.17) is 0 Å². The number of carbonyl (C=O) groups excluding carboxylic acids is 1. The van der Waals surface area contributed by atoms with E-state index in [0.717, 1.165) is 17.7 Å². The molecule has 0 N–H and O–H groups in total. The summed E-state index contributed by atoms with van der Waals surface area (Å²) in [5.74, 6) is -0.0618. The Morgan fingerprint density at radius 3 is 2.46 bits per heavy atom. The zero-order valence-corrected chi connectivity index (χ0v) is 14.7. The average molecular weight is 381 g/mol. The number of imidazole rings is 1. The molecule has 7 heteroatoms. The molecule has 0 spiro atoms. The van der Waals surface area contributed by atoms with Crippen LogP contribution in [0.3, 0.4) is 0 Å². The first-order valence-corrected chi connectivity index (χ1v) is 8.47. The predicted molar refractivity (Wildman–Crippen MR) is 98.9 cm³/mol. The van der Waals surface area contributed by atoms with Crippen LogP contribution in [0.4, 0.5) is 13.2 Å². The number of hydrogen-bond donors (Lipinski definition) is 0. The van der Waals surface area contributed by atoms with Gasteiger partial charge in [-0.25, -0.2) is 9.50 Å². The maximum absolute atomic E-state index is 13.0. The van der Waals surface area contributed by atoms with Crippen molar-refractivity contribution in [2.45, 2.75) is 13.1 Å². The summed E-state index contributed by atoms with van der Waals surface area (Å²) in [6.07, 6.45) is -2.80. The monoisotopic (exact) mass is 381 g/mol. The highest BCUT2D eigenvalue weighted by Gasteiger charge is 2.30. The SMILES string of the molecule is CC(=O)c1cccc(-c2cnc3ccc(-c4cccc(C(F)(F)F)c4)nn23)c1. The Morgan fingerprint density at radius 1 is 0.964 bits per heavy atom. The molecule has 28 heavy (non-hydrogen) atoms. The van der Waals surface area contributed by atoms with Crippen LogP contribution in [-0.4, -0.2) is 20.4 Å². The largest absolute Gasteiger partial charge is 0.416 e. The van der Waals surface area contributed by atoms with Gasteiger partial charge in [-0.3, -0.25) is 4.79 Å². The fourth-order valence-electron chi connectivity index (χ4n) is 2.98. The molecule has 0 unspecified atom stereocenters. The molecule has 4 rings (SSSR count). The Bertz CT molecular complexity index is 1190.